The summed E-state index contributed by atoms with van der Waals surface area (Å²) in [7, 11) is 0. The molecule has 1 aliphatic carbocycles. The van der Waals surface area contributed by atoms with Crippen LogP contribution in [0.15, 0.2) is 18.2 Å². The highest BCUT2D eigenvalue weighted by atomic mass is 16.1. The second kappa shape index (κ2) is 4.75. The molecule has 1 saturated carbocycles. The summed E-state index contributed by atoms with van der Waals surface area (Å²) in [6.45, 7) is 4.02. The molecule has 0 saturated heterocycles. The standard InChI is InChI=1S/C16H21NO/c1-12(18)14-6-7-16-15(11-14)3-2-9-17(16)10-8-13-4-5-13/h6-7,11,13H,2-5,8-10H2,1H3. The summed E-state index contributed by atoms with van der Waals surface area (Å²) < 4.78 is 0. The molecule has 3 rings (SSSR count). The Kier molecular flexibility index (Phi) is 3.11. The lowest BCUT2D eigenvalue weighted by molar-refractivity contribution is 0.101. The van der Waals surface area contributed by atoms with Crippen LogP contribution in [0.4, 0.5) is 5.69 Å². The predicted molar refractivity (Wildman–Crippen MR) is 74.3 cm³/mol. The van der Waals surface area contributed by atoms with Crippen molar-refractivity contribution in [2.45, 2.75) is 39.0 Å². The van der Waals surface area contributed by atoms with E-state index in [-0.39, 0.29) is 5.78 Å². The van der Waals surface area contributed by atoms with Crippen molar-refractivity contribution in [2.24, 2.45) is 5.92 Å². The van der Waals surface area contributed by atoms with Crippen LogP contribution >= 0.6 is 0 Å². The molecule has 0 spiro atoms. The molecular weight excluding hydrogens is 222 g/mol. The lowest BCUT2D eigenvalue weighted by atomic mass is 9.98. The number of hydrogen-bond donors (Lipinski definition) is 0. The maximum absolute atomic E-state index is 11.4. The van der Waals surface area contributed by atoms with E-state index in [1.54, 1.807) is 6.92 Å². The van der Waals surface area contributed by atoms with Crippen molar-refractivity contribution in [2.75, 3.05) is 18.0 Å². The number of nitrogens with zero attached hydrogens (tertiary/aromatic N) is 1. The van der Waals surface area contributed by atoms with Gasteiger partial charge in [0.1, 0.15) is 0 Å². The van der Waals surface area contributed by atoms with Gasteiger partial charge in [-0.3, -0.25) is 4.79 Å². The average molecular weight is 243 g/mol. The Balaban J connectivity index is 1.78. The van der Waals surface area contributed by atoms with Crippen LogP contribution in [-0.2, 0) is 6.42 Å². The molecule has 1 aromatic carbocycles. The summed E-state index contributed by atoms with van der Waals surface area (Å²) in [4.78, 5) is 13.9. The molecule has 1 heterocycles. The van der Waals surface area contributed by atoms with Crippen LogP contribution in [0, 0.1) is 5.92 Å². The van der Waals surface area contributed by atoms with Crippen molar-refractivity contribution >= 4 is 11.5 Å². The molecule has 0 bridgehead atoms. The normalized spacial score (nSPS) is 18.6. The second-order valence-corrected chi connectivity index (χ2v) is 5.72. The summed E-state index contributed by atoms with van der Waals surface area (Å²) in [5, 5.41) is 0. The van der Waals surface area contributed by atoms with E-state index in [1.165, 1.54) is 50.0 Å². The van der Waals surface area contributed by atoms with Crippen molar-refractivity contribution in [1.82, 2.24) is 0 Å². The minimum Gasteiger partial charge on any atom is -0.371 e. The van der Waals surface area contributed by atoms with Crippen LogP contribution in [0.25, 0.3) is 0 Å². The van der Waals surface area contributed by atoms with Gasteiger partial charge in [0, 0.05) is 24.3 Å². The Morgan fingerprint density at radius 3 is 2.94 bits per heavy atom. The maximum Gasteiger partial charge on any atom is 0.159 e. The van der Waals surface area contributed by atoms with Crippen molar-refractivity contribution < 1.29 is 4.79 Å². The molecular formula is C16H21NO. The first kappa shape index (κ1) is 11.8. The third-order valence-corrected chi connectivity index (χ3v) is 4.21. The Morgan fingerprint density at radius 1 is 1.39 bits per heavy atom. The fourth-order valence-electron chi connectivity index (χ4n) is 2.87. The van der Waals surface area contributed by atoms with Crippen LogP contribution in [0.2, 0.25) is 0 Å². The van der Waals surface area contributed by atoms with Gasteiger partial charge in [-0.1, -0.05) is 12.8 Å². The molecule has 2 aliphatic rings. The fraction of sp³-hybridized carbons (Fsp3) is 0.562. The molecule has 2 heteroatoms. The molecule has 18 heavy (non-hydrogen) atoms. The van der Waals surface area contributed by atoms with Crippen LogP contribution < -0.4 is 4.90 Å². The average Bonchev–Trinajstić information content (AvgIpc) is 3.19. The summed E-state index contributed by atoms with van der Waals surface area (Å²) >= 11 is 0. The number of carbonyl (C=O) groups is 1. The number of rotatable bonds is 4. The summed E-state index contributed by atoms with van der Waals surface area (Å²) in [6, 6.07) is 6.23. The number of carbonyl (C=O) groups excluding carboxylic acids is 1. The van der Waals surface area contributed by atoms with Crippen LogP contribution in [0.3, 0.4) is 0 Å². The fourth-order valence-corrected chi connectivity index (χ4v) is 2.87. The number of Topliss-reactive ketones (excluding diaryl/α,β-unsaturated/α-hetero) is 1. The van der Waals surface area contributed by atoms with Crippen LogP contribution in [0.1, 0.15) is 48.5 Å². The molecule has 0 amide bonds. The van der Waals surface area contributed by atoms with Crippen molar-refractivity contribution in [3.63, 3.8) is 0 Å². The van der Waals surface area contributed by atoms with Crippen molar-refractivity contribution in [3.8, 4) is 0 Å². The largest absolute Gasteiger partial charge is 0.371 e. The lowest BCUT2D eigenvalue weighted by Crippen LogP contribution is -2.30. The van der Waals surface area contributed by atoms with Crippen LogP contribution in [-0.4, -0.2) is 18.9 Å². The molecule has 1 aromatic rings. The van der Waals surface area contributed by atoms with Gasteiger partial charge in [-0.05, 0) is 55.9 Å². The van der Waals surface area contributed by atoms with Crippen molar-refractivity contribution in [3.05, 3.63) is 29.3 Å². The van der Waals surface area contributed by atoms with Crippen LogP contribution in [0.5, 0.6) is 0 Å². The number of ketones is 1. The monoisotopic (exact) mass is 243 g/mol. The lowest BCUT2D eigenvalue weighted by Gasteiger charge is -2.31. The van der Waals surface area contributed by atoms with E-state index < -0.39 is 0 Å². The SMILES string of the molecule is CC(=O)c1ccc2c(c1)CCCN2CCC1CC1. The minimum atomic E-state index is 0.174. The first-order valence-corrected chi connectivity index (χ1v) is 7.13. The Labute approximate surface area is 109 Å². The molecule has 0 radical (unpaired) electrons. The van der Waals surface area contributed by atoms with E-state index in [1.807, 2.05) is 6.07 Å². The Bertz CT molecular complexity index is 462. The van der Waals surface area contributed by atoms with Gasteiger partial charge >= 0.3 is 0 Å². The van der Waals surface area contributed by atoms with Gasteiger partial charge in [-0.15, -0.1) is 0 Å². The third-order valence-electron chi connectivity index (χ3n) is 4.21. The van der Waals surface area contributed by atoms with E-state index in [2.05, 4.69) is 17.0 Å². The minimum absolute atomic E-state index is 0.174. The molecule has 1 aliphatic heterocycles. The first-order chi connectivity index (χ1) is 8.74. The zero-order valence-electron chi connectivity index (χ0n) is 11.1. The van der Waals surface area contributed by atoms with E-state index in [4.69, 9.17) is 0 Å². The quantitative estimate of drug-likeness (QED) is 0.755. The van der Waals surface area contributed by atoms with E-state index in [0.717, 1.165) is 17.9 Å². The molecule has 0 unspecified atom stereocenters. The highest BCUT2D eigenvalue weighted by Gasteiger charge is 2.24. The van der Waals surface area contributed by atoms with Gasteiger partial charge in [0.2, 0.25) is 0 Å². The molecule has 1 fully saturated rings. The first-order valence-electron chi connectivity index (χ1n) is 7.13. The Hall–Kier alpha value is -1.31. The summed E-state index contributed by atoms with van der Waals surface area (Å²) in [5.74, 6) is 1.17. The summed E-state index contributed by atoms with van der Waals surface area (Å²) in [6.07, 6.45) is 6.55. The van der Waals surface area contributed by atoms with Gasteiger partial charge in [0.05, 0.1) is 0 Å². The number of hydrogen-bond acceptors (Lipinski definition) is 2. The van der Waals surface area contributed by atoms with Gasteiger partial charge < -0.3 is 4.90 Å². The van der Waals surface area contributed by atoms with E-state index >= 15 is 0 Å². The maximum atomic E-state index is 11.4. The van der Waals surface area contributed by atoms with E-state index in [0.29, 0.717) is 0 Å². The zero-order valence-corrected chi connectivity index (χ0v) is 11.1. The molecule has 0 N–H and O–H groups in total. The van der Waals surface area contributed by atoms with E-state index in [9.17, 15) is 4.79 Å². The van der Waals surface area contributed by atoms with Gasteiger partial charge in [-0.2, -0.15) is 0 Å². The van der Waals surface area contributed by atoms with Gasteiger partial charge in [-0.25, -0.2) is 0 Å². The number of fused-ring (bicyclic) bond motifs is 1. The second-order valence-electron chi connectivity index (χ2n) is 5.72. The predicted octanol–water partition coefficient (Wildman–Crippen LogP) is 3.44. The van der Waals surface area contributed by atoms with Gasteiger partial charge in [0.25, 0.3) is 0 Å². The molecule has 2 nitrogen and oxygen atoms in total. The highest BCUT2D eigenvalue weighted by Crippen LogP contribution is 2.34. The molecule has 96 valence electrons. The molecule has 0 atom stereocenters. The Morgan fingerprint density at radius 2 is 2.22 bits per heavy atom. The van der Waals surface area contributed by atoms with Gasteiger partial charge in [0.15, 0.2) is 5.78 Å². The number of aryl methyl sites for hydroxylation is 1. The topological polar surface area (TPSA) is 20.3 Å². The summed E-state index contributed by atoms with van der Waals surface area (Å²) in [5.41, 5.74) is 3.59. The smallest absolute Gasteiger partial charge is 0.159 e. The number of anilines is 1. The third kappa shape index (κ3) is 2.43. The molecule has 0 aromatic heterocycles. The highest BCUT2D eigenvalue weighted by molar-refractivity contribution is 5.94. The number of benzene rings is 1. The van der Waals surface area contributed by atoms with Crippen molar-refractivity contribution in [1.29, 1.82) is 0 Å². The zero-order chi connectivity index (χ0) is 12.5.